The summed E-state index contributed by atoms with van der Waals surface area (Å²) >= 11 is 0. The first-order valence-electron chi connectivity index (χ1n) is 4.86. The van der Waals surface area contributed by atoms with Gasteiger partial charge in [-0.05, 0) is 25.2 Å². The lowest BCUT2D eigenvalue weighted by Crippen LogP contribution is -2.43. The molecule has 1 aliphatic carbocycles. The number of carbonyl (C=O) groups is 1. The van der Waals surface area contributed by atoms with Gasteiger partial charge in [0.25, 0.3) is 0 Å². The number of rotatable bonds is 5. The first-order chi connectivity index (χ1) is 6.13. The molecule has 1 atom stereocenters. The van der Waals surface area contributed by atoms with Crippen molar-refractivity contribution in [2.24, 2.45) is 11.3 Å². The van der Waals surface area contributed by atoms with Gasteiger partial charge in [-0.3, -0.25) is 4.79 Å². The van der Waals surface area contributed by atoms with Crippen molar-refractivity contribution in [1.82, 2.24) is 0 Å². The van der Waals surface area contributed by atoms with E-state index in [-0.39, 0.29) is 5.92 Å². The molecule has 76 valence electrons. The lowest BCUT2D eigenvalue weighted by molar-refractivity contribution is -0.159. The minimum Gasteiger partial charge on any atom is -0.481 e. The van der Waals surface area contributed by atoms with Gasteiger partial charge in [-0.1, -0.05) is 13.3 Å². The third-order valence-electron chi connectivity index (χ3n) is 3.37. The molecular formula is C10H18O3. The molecule has 1 fully saturated rings. The zero-order chi connectivity index (χ0) is 9.90. The molecule has 0 bridgehead atoms. The second-order valence-electron chi connectivity index (χ2n) is 4.00. The highest BCUT2D eigenvalue weighted by atomic mass is 16.5. The maximum Gasteiger partial charge on any atom is 0.309 e. The van der Waals surface area contributed by atoms with Gasteiger partial charge in [0, 0.05) is 13.7 Å². The Hall–Kier alpha value is -0.570. The van der Waals surface area contributed by atoms with E-state index in [0.29, 0.717) is 6.61 Å². The summed E-state index contributed by atoms with van der Waals surface area (Å²) in [7, 11) is 1.65. The van der Waals surface area contributed by atoms with E-state index in [2.05, 4.69) is 0 Å². The number of hydrogen-bond donors (Lipinski definition) is 1. The number of hydrogen-bond acceptors (Lipinski definition) is 2. The van der Waals surface area contributed by atoms with E-state index in [1.54, 1.807) is 7.11 Å². The van der Waals surface area contributed by atoms with Crippen LogP contribution < -0.4 is 0 Å². The molecule has 1 aliphatic rings. The van der Waals surface area contributed by atoms with Gasteiger partial charge < -0.3 is 9.84 Å². The smallest absolute Gasteiger partial charge is 0.309 e. The van der Waals surface area contributed by atoms with Gasteiger partial charge >= 0.3 is 5.97 Å². The third kappa shape index (κ3) is 1.85. The minimum absolute atomic E-state index is 0.235. The highest BCUT2D eigenvalue weighted by molar-refractivity contribution is 5.76. The van der Waals surface area contributed by atoms with Crippen molar-refractivity contribution in [2.45, 2.75) is 32.6 Å². The molecule has 0 aromatic carbocycles. The highest BCUT2D eigenvalue weighted by Crippen LogP contribution is 2.48. The Morgan fingerprint density at radius 2 is 2.23 bits per heavy atom. The molecule has 3 nitrogen and oxygen atoms in total. The monoisotopic (exact) mass is 186 g/mol. The fourth-order valence-corrected chi connectivity index (χ4v) is 2.05. The predicted molar refractivity (Wildman–Crippen MR) is 49.6 cm³/mol. The minimum atomic E-state index is -0.623. The summed E-state index contributed by atoms with van der Waals surface area (Å²) in [6.45, 7) is 2.68. The van der Waals surface area contributed by atoms with Crippen LogP contribution in [-0.2, 0) is 9.53 Å². The highest BCUT2D eigenvalue weighted by Gasteiger charge is 2.48. The second kappa shape index (κ2) is 4.09. The molecule has 1 unspecified atom stereocenters. The van der Waals surface area contributed by atoms with Gasteiger partial charge in [0.05, 0.1) is 5.41 Å². The molecule has 1 saturated carbocycles. The van der Waals surface area contributed by atoms with E-state index in [0.717, 1.165) is 25.7 Å². The number of ether oxygens (including phenoxy) is 1. The van der Waals surface area contributed by atoms with Gasteiger partial charge in [-0.2, -0.15) is 0 Å². The van der Waals surface area contributed by atoms with Crippen molar-refractivity contribution >= 4 is 5.97 Å². The molecule has 0 aromatic rings. The van der Waals surface area contributed by atoms with Crippen LogP contribution in [0.15, 0.2) is 0 Å². The molecule has 1 rings (SSSR count). The van der Waals surface area contributed by atoms with Gasteiger partial charge in [0.2, 0.25) is 0 Å². The summed E-state index contributed by atoms with van der Waals surface area (Å²) in [6.07, 6.45) is 3.59. The van der Waals surface area contributed by atoms with Crippen LogP contribution in [0.4, 0.5) is 0 Å². The first-order valence-corrected chi connectivity index (χ1v) is 4.86. The Morgan fingerprint density at radius 3 is 2.54 bits per heavy atom. The van der Waals surface area contributed by atoms with E-state index in [1.807, 2.05) is 6.92 Å². The van der Waals surface area contributed by atoms with Gasteiger partial charge in [-0.25, -0.2) is 0 Å². The second-order valence-corrected chi connectivity index (χ2v) is 4.00. The number of carboxylic acids is 1. The zero-order valence-corrected chi connectivity index (χ0v) is 8.38. The normalized spacial score (nSPS) is 22.0. The Labute approximate surface area is 79.1 Å². The predicted octanol–water partition coefficient (Wildman–Crippen LogP) is 1.91. The third-order valence-corrected chi connectivity index (χ3v) is 3.37. The van der Waals surface area contributed by atoms with E-state index >= 15 is 0 Å². The fourth-order valence-electron chi connectivity index (χ4n) is 2.05. The summed E-state index contributed by atoms with van der Waals surface area (Å²) in [5.74, 6) is -0.388. The quantitative estimate of drug-likeness (QED) is 0.713. The lowest BCUT2D eigenvalue weighted by Gasteiger charge is -2.42. The first kappa shape index (κ1) is 10.5. The Bertz CT molecular complexity index is 185. The van der Waals surface area contributed by atoms with E-state index in [4.69, 9.17) is 9.84 Å². The van der Waals surface area contributed by atoms with Crippen LogP contribution in [0.3, 0.4) is 0 Å². The topological polar surface area (TPSA) is 46.5 Å². The van der Waals surface area contributed by atoms with E-state index in [1.165, 1.54) is 0 Å². The van der Waals surface area contributed by atoms with Crippen molar-refractivity contribution in [3.63, 3.8) is 0 Å². The van der Waals surface area contributed by atoms with Crippen molar-refractivity contribution in [1.29, 1.82) is 0 Å². The molecular weight excluding hydrogens is 168 g/mol. The largest absolute Gasteiger partial charge is 0.481 e. The molecule has 1 N–H and O–H groups in total. The standard InChI is InChI=1S/C10H18O3/c1-8(4-7-13-2)10(9(11)12)5-3-6-10/h8H,3-7H2,1-2H3,(H,11,12). The van der Waals surface area contributed by atoms with E-state index < -0.39 is 11.4 Å². The number of aliphatic carboxylic acids is 1. The molecule has 0 amide bonds. The van der Waals surface area contributed by atoms with Crippen molar-refractivity contribution in [3.8, 4) is 0 Å². The maximum atomic E-state index is 11.1. The maximum absolute atomic E-state index is 11.1. The van der Waals surface area contributed by atoms with Crippen molar-refractivity contribution < 1.29 is 14.6 Å². The van der Waals surface area contributed by atoms with Crippen LogP contribution >= 0.6 is 0 Å². The number of methoxy groups -OCH3 is 1. The van der Waals surface area contributed by atoms with Crippen LogP contribution in [0.1, 0.15) is 32.6 Å². The molecule has 0 radical (unpaired) electrons. The van der Waals surface area contributed by atoms with Crippen LogP contribution in [0.25, 0.3) is 0 Å². The van der Waals surface area contributed by atoms with Crippen LogP contribution in [0, 0.1) is 11.3 Å². The van der Waals surface area contributed by atoms with Crippen LogP contribution in [0.2, 0.25) is 0 Å². The van der Waals surface area contributed by atoms with E-state index in [9.17, 15) is 4.79 Å². The fraction of sp³-hybridized carbons (Fsp3) is 0.900. The summed E-state index contributed by atoms with van der Waals surface area (Å²) in [6, 6.07) is 0. The van der Waals surface area contributed by atoms with Crippen molar-refractivity contribution in [2.75, 3.05) is 13.7 Å². The summed E-state index contributed by atoms with van der Waals surface area (Å²) in [5, 5.41) is 9.11. The van der Waals surface area contributed by atoms with Gasteiger partial charge in [0.1, 0.15) is 0 Å². The number of carboxylic acid groups (broad SMARTS) is 1. The Kier molecular flexibility index (Phi) is 3.31. The van der Waals surface area contributed by atoms with Crippen LogP contribution in [0.5, 0.6) is 0 Å². The van der Waals surface area contributed by atoms with Gasteiger partial charge in [0.15, 0.2) is 0 Å². The summed E-state index contributed by atoms with van der Waals surface area (Å²) in [5.41, 5.74) is -0.432. The average molecular weight is 186 g/mol. The molecule has 0 aromatic heterocycles. The zero-order valence-electron chi connectivity index (χ0n) is 8.38. The molecule has 0 aliphatic heterocycles. The van der Waals surface area contributed by atoms with Crippen LogP contribution in [-0.4, -0.2) is 24.8 Å². The summed E-state index contributed by atoms with van der Waals surface area (Å²) < 4.78 is 4.96. The molecule has 0 spiro atoms. The average Bonchev–Trinajstić information content (AvgIpc) is 1.97. The van der Waals surface area contributed by atoms with Crippen molar-refractivity contribution in [3.05, 3.63) is 0 Å². The lowest BCUT2D eigenvalue weighted by atomic mass is 9.61. The summed E-state index contributed by atoms with van der Waals surface area (Å²) in [4.78, 5) is 11.1. The SMILES string of the molecule is COCCC(C)C1(C(=O)O)CCC1. The molecule has 13 heavy (non-hydrogen) atoms. The van der Waals surface area contributed by atoms with Gasteiger partial charge in [-0.15, -0.1) is 0 Å². The Balaban J connectivity index is 2.50. The molecule has 0 saturated heterocycles. The molecule has 3 heteroatoms. The Morgan fingerprint density at radius 1 is 1.62 bits per heavy atom. The molecule has 0 heterocycles.